The summed E-state index contributed by atoms with van der Waals surface area (Å²) in [5, 5.41) is 0. The van der Waals surface area contributed by atoms with Crippen molar-refractivity contribution >= 4 is 17.8 Å². The van der Waals surface area contributed by atoms with Crippen molar-refractivity contribution in [2.45, 2.75) is 164 Å². The molecule has 7 aliphatic rings. The highest BCUT2D eigenvalue weighted by Crippen LogP contribution is 2.78. The number of amides is 1. The van der Waals surface area contributed by atoms with Crippen LogP contribution in [0.4, 0.5) is 0 Å². The summed E-state index contributed by atoms with van der Waals surface area (Å²) in [6, 6.07) is 20.0. The Hall–Kier alpha value is -4.32. The van der Waals surface area contributed by atoms with Gasteiger partial charge in [0.15, 0.2) is 0 Å². The van der Waals surface area contributed by atoms with Crippen LogP contribution in [0.5, 0.6) is 0 Å². The van der Waals surface area contributed by atoms with Crippen molar-refractivity contribution < 1.29 is 33.3 Å². The molecule has 414 valence electrons. The Kier molecular flexibility index (Phi) is 15.0. The maximum atomic E-state index is 16.4. The molecule has 6 aliphatic carbocycles. The van der Waals surface area contributed by atoms with Crippen molar-refractivity contribution in [3.63, 3.8) is 0 Å². The molecule has 6 saturated carbocycles. The van der Waals surface area contributed by atoms with Gasteiger partial charge in [0.1, 0.15) is 18.5 Å². The standard InChI is InChI=1S/C65H92N4O7/c1-42(2)46-25-30-65(59(72)69-39-45(74-36-35-73-12)37-51(69)56-66-50(44-21-17-14-18-22-44)40-68(56)34-33-67(10)11)32-31-63(8)47(55(46)65)23-24-53-62(7)28-27-54(61(5,6)52(62)26-29-64(53,63)9)76-58(71)49-38-48(60(49,3)4)57(70)75-41-43-19-15-13-16-20-43/h13-22,40,45-49,51-55H,1,23-39,41H2,2-12H3/t45-,46+,47-,48+,49-,51+,52+,53-,54+,55-,62+,63-,64-,65+/m1/s1. The number of rotatable bonds is 16. The summed E-state index contributed by atoms with van der Waals surface area (Å²) in [5.41, 5.74) is 3.18. The van der Waals surface area contributed by atoms with Crippen LogP contribution in [0.2, 0.25) is 0 Å². The van der Waals surface area contributed by atoms with Crippen molar-refractivity contribution in [1.82, 2.24) is 19.4 Å². The van der Waals surface area contributed by atoms with Crippen LogP contribution in [0.25, 0.3) is 11.3 Å². The fourth-order valence-electron chi connectivity index (χ4n) is 18.4. The van der Waals surface area contributed by atoms with Gasteiger partial charge in [-0.05, 0) is 148 Å². The topological polar surface area (TPSA) is 112 Å². The molecule has 11 heteroatoms. The number of benzene rings is 2. The first-order valence-corrected chi connectivity index (χ1v) is 29.4. The minimum Gasteiger partial charge on any atom is -0.462 e. The monoisotopic (exact) mass is 1040 g/mol. The molecule has 14 atom stereocenters. The van der Waals surface area contributed by atoms with Crippen molar-refractivity contribution in [1.29, 1.82) is 0 Å². The predicted octanol–water partition coefficient (Wildman–Crippen LogP) is 12.4. The number of carbonyl (C=O) groups is 3. The lowest BCUT2D eigenvalue weighted by Gasteiger charge is -2.73. The summed E-state index contributed by atoms with van der Waals surface area (Å²) >= 11 is 0. The summed E-state index contributed by atoms with van der Waals surface area (Å²) in [6.45, 7) is 27.1. The van der Waals surface area contributed by atoms with E-state index >= 15 is 4.79 Å². The summed E-state index contributed by atoms with van der Waals surface area (Å²) in [7, 11) is 5.94. The van der Waals surface area contributed by atoms with E-state index in [0.29, 0.717) is 62.2 Å². The first-order valence-electron chi connectivity index (χ1n) is 29.4. The number of carbonyl (C=O) groups excluding carboxylic acids is 3. The lowest BCUT2D eigenvalue weighted by Crippen LogP contribution is -2.67. The molecule has 0 unspecified atom stereocenters. The van der Waals surface area contributed by atoms with E-state index in [1.165, 1.54) is 5.57 Å². The van der Waals surface area contributed by atoms with Gasteiger partial charge < -0.3 is 33.3 Å². The van der Waals surface area contributed by atoms with E-state index in [4.69, 9.17) is 30.5 Å². The largest absolute Gasteiger partial charge is 0.462 e. The van der Waals surface area contributed by atoms with Gasteiger partial charge in [-0.15, -0.1) is 0 Å². The van der Waals surface area contributed by atoms with E-state index < -0.39 is 10.8 Å². The fourth-order valence-corrected chi connectivity index (χ4v) is 18.4. The molecule has 0 radical (unpaired) electrons. The van der Waals surface area contributed by atoms with Gasteiger partial charge in [-0.2, -0.15) is 0 Å². The zero-order valence-electron chi connectivity index (χ0n) is 48.2. The van der Waals surface area contributed by atoms with Gasteiger partial charge in [0.05, 0.1) is 48.3 Å². The molecular formula is C65H92N4O7. The summed E-state index contributed by atoms with van der Waals surface area (Å²) in [4.78, 5) is 53.8. The molecule has 76 heavy (non-hydrogen) atoms. The molecule has 10 rings (SSSR count). The van der Waals surface area contributed by atoms with Gasteiger partial charge in [-0.25, -0.2) is 4.98 Å². The maximum absolute atomic E-state index is 16.4. The summed E-state index contributed by atoms with van der Waals surface area (Å²) in [6.07, 6.45) is 13.3. The lowest BCUT2D eigenvalue weighted by molar-refractivity contribution is -0.251. The van der Waals surface area contributed by atoms with E-state index in [-0.39, 0.29) is 76.2 Å². The molecule has 1 saturated heterocycles. The summed E-state index contributed by atoms with van der Waals surface area (Å²) < 4.78 is 26.8. The molecule has 0 N–H and O–H groups in total. The minimum atomic E-state index is -0.539. The molecule has 1 aliphatic heterocycles. The SMILES string of the molecule is C=C(C)[C@@H]1CC[C@]2(C(=O)N3C[C@H](OCCOC)C[C@H]3c3nc(-c4ccccc4)cn3CCN(C)C)CC[C@]3(C)[C@H](CC[C@@H]4[C@@]5(C)CC[C@H](OC(=O)[C@H]6C[C@@H](C(=O)OCc7ccccc7)C6(C)C)C(C)(C)[C@@H]5CC[C@]43C)[C@@H]12. The summed E-state index contributed by atoms with van der Waals surface area (Å²) in [5.74, 6) is 2.04. The van der Waals surface area contributed by atoms with Crippen LogP contribution in [0.15, 0.2) is 79.0 Å². The van der Waals surface area contributed by atoms with Gasteiger partial charge in [0.25, 0.3) is 0 Å². The van der Waals surface area contributed by atoms with Gasteiger partial charge in [0, 0.05) is 50.3 Å². The number of likely N-dealkylation sites (tertiary alicyclic amines) is 1. The minimum absolute atomic E-state index is 0.0433. The Labute approximate surface area is 455 Å². The average Bonchev–Trinajstić information content (AvgIpc) is 4.16. The number of hydrogen-bond donors (Lipinski definition) is 0. The molecule has 0 spiro atoms. The fraction of sp³-hybridized carbons (Fsp3) is 0.692. The Balaban J connectivity index is 0.887. The first-order chi connectivity index (χ1) is 36.1. The third-order valence-corrected chi connectivity index (χ3v) is 22.9. The Bertz CT molecular complexity index is 2610. The third-order valence-electron chi connectivity index (χ3n) is 22.9. The number of methoxy groups -OCH3 is 1. The highest BCUT2D eigenvalue weighted by molar-refractivity contribution is 5.85. The number of fused-ring (bicyclic) bond motifs is 7. The van der Waals surface area contributed by atoms with E-state index in [1.54, 1.807) is 7.11 Å². The molecule has 1 aromatic heterocycles. The second-order valence-electron chi connectivity index (χ2n) is 27.4. The highest BCUT2D eigenvalue weighted by Gasteiger charge is 2.73. The molecule has 2 aromatic carbocycles. The number of nitrogens with zero attached hydrogens (tertiary/aromatic N) is 4. The van der Waals surface area contributed by atoms with Crippen molar-refractivity contribution in [3.05, 3.63) is 90.4 Å². The van der Waals surface area contributed by atoms with Crippen LogP contribution in [0, 0.1) is 73.9 Å². The number of esters is 2. The number of hydrogen-bond acceptors (Lipinski definition) is 9. The molecule has 1 amide bonds. The van der Waals surface area contributed by atoms with Crippen LogP contribution in [-0.2, 0) is 46.5 Å². The van der Waals surface area contributed by atoms with Crippen molar-refractivity contribution in [2.75, 3.05) is 47.5 Å². The van der Waals surface area contributed by atoms with Crippen LogP contribution in [0.3, 0.4) is 0 Å². The molecule has 11 nitrogen and oxygen atoms in total. The molecule has 3 aromatic rings. The van der Waals surface area contributed by atoms with Crippen molar-refractivity contribution in [2.24, 2.45) is 73.9 Å². The Morgan fingerprint density at radius 1 is 0.763 bits per heavy atom. The zero-order chi connectivity index (χ0) is 54.2. The number of imidazole rings is 1. The lowest BCUT2D eigenvalue weighted by atomic mass is 9.32. The van der Waals surface area contributed by atoms with E-state index in [2.05, 4.69) is 100 Å². The number of ether oxygens (including phenoxy) is 4. The zero-order valence-corrected chi connectivity index (χ0v) is 48.2. The quantitative estimate of drug-likeness (QED) is 0.0786. The highest BCUT2D eigenvalue weighted by atomic mass is 16.5. The van der Waals surface area contributed by atoms with Gasteiger partial charge in [0.2, 0.25) is 5.91 Å². The predicted molar refractivity (Wildman–Crippen MR) is 297 cm³/mol. The maximum Gasteiger partial charge on any atom is 0.309 e. The van der Waals surface area contributed by atoms with Gasteiger partial charge in [-0.3, -0.25) is 14.4 Å². The van der Waals surface area contributed by atoms with E-state index in [9.17, 15) is 9.59 Å². The number of allylic oxidation sites excluding steroid dienone is 1. The number of aromatic nitrogens is 2. The molecule has 2 heterocycles. The van der Waals surface area contributed by atoms with Crippen LogP contribution < -0.4 is 0 Å². The second-order valence-corrected chi connectivity index (χ2v) is 27.4. The van der Waals surface area contributed by atoms with E-state index in [1.807, 2.05) is 50.2 Å². The Morgan fingerprint density at radius 2 is 1.47 bits per heavy atom. The van der Waals surface area contributed by atoms with Gasteiger partial charge in [-0.1, -0.05) is 121 Å². The third kappa shape index (κ3) is 9.14. The Morgan fingerprint density at radius 3 is 2.16 bits per heavy atom. The second kappa shape index (κ2) is 20.7. The molecule has 7 fully saturated rings. The van der Waals surface area contributed by atoms with Crippen LogP contribution in [0.1, 0.15) is 150 Å². The van der Waals surface area contributed by atoms with Crippen LogP contribution in [-0.4, -0.2) is 96.9 Å². The average molecular weight is 1040 g/mol. The smallest absolute Gasteiger partial charge is 0.309 e. The number of likely N-dealkylation sites (N-methyl/N-ethyl adjacent to an activating group) is 1. The van der Waals surface area contributed by atoms with E-state index in [0.717, 1.165) is 99.9 Å². The van der Waals surface area contributed by atoms with Crippen molar-refractivity contribution in [3.8, 4) is 11.3 Å². The molecular weight excluding hydrogens is 949 g/mol. The first kappa shape index (κ1) is 55.0. The normalized spacial score (nSPS) is 37.0. The van der Waals surface area contributed by atoms with Crippen LogP contribution >= 0.6 is 0 Å². The molecule has 0 bridgehead atoms. The van der Waals surface area contributed by atoms with Gasteiger partial charge >= 0.3 is 11.9 Å².